The van der Waals surface area contributed by atoms with E-state index in [1.807, 2.05) is 36.4 Å². The number of Topliss-reactive ketones (excluding diaryl/α,β-unsaturated/α-hetero) is 2. The second-order valence-corrected chi connectivity index (χ2v) is 6.52. The van der Waals surface area contributed by atoms with Gasteiger partial charge in [0.15, 0.2) is 11.6 Å². The van der Waals surface area contributed by atoms with Gasteiger partial charge in [-0.05, 0) is 34.4 Å². The predicted octanol–water partition coefficient (Wildman–Crippen LogP) is 3.46. The third kappa shape index (κ3) is 3.44. The first-order chi connectivity index (χ1) is 13.1. The third-order valence-electron chi connectivity index (χ3n) is 4.66. The van der Waals surface area contributed by atoms with E-state index in [4.69, 9.17) is 0 Å². The normalized spacial score (nSPS) is 12.4. The van der Waals surface area contributed by atoms with Gasteiger partial charge in [0, 0.05) is 24.5 Å². The molecule has 0 bridgehead atoms. The molecule has 0 atom stereocenters. The topological polar surface area (TPSA) is 72.3 Å². The van der Waals surface area contributed by atoms with E-state index in [0.717, 1.165) is 27.8 Å². The quantitative estimate of drug-likeness (QED) is 0.657. The molecule has 3 aromatic rings. The number of hydrogen-bond donors (Lipinski definition) is 0. The third-order valence-corrected chi connectivity index (χ3v) is 4.66. The lowest BCUT2D eigenvalue weighted by Crippen LogP contribution is -2.09. The summed E-state index contributed by atoms with van der Waals surface area (Å²) < 4.78 is 0. The van der Waals surface area contributed by atoms with Gasteiger partial charge in [0.2, 0.25) is 0 Å². The molecule has 0 saturated carbocycles. The molecule has 4 rings (SSSR count). The molecule has 0 spiro atoms. The fourth-order valence-corrected chi connectivity index (χ4v) is 3.24. The molecule has 0 fully saturated rings. The molecule has 2 heterocycles. The minimum absolute atomic E-state index is 0.0000765. The molecule has 1 aromatic heterocycles. The molecule has 0 unspecified atom stereocenters. The van der Waals surface area contributed by atoms with Crippen molar-refractivity contribution < 1.29 is 9.59 Å². The van der Waals surface area contributed by atoms with Gasteiger partial charge < -0.3 is 0 Å². The molecule has 1 aliphatic rings. The van der Waals surface area contributed by atoms with Crippen molar-refractivity contribution in [3.05, 3.63) is 83.2 Å². The van der Waals surface area contributed by atoms with Gasteiger partial charge in [-0.25, -0.2) is 0 Å². The van der Waals surface area contributed by atoms with E-state index >= 15 is 0 Å². The van der Waals surface area contributed by atoms with Crippen LogP contribution in [0.2, 0.25) is 0 Å². The summed E-state index contributed by atoms with van der Waals surface area (Å²) in [4.78, 5) is 28.2. The van der Waals surface area contributed by atoms with E-state index in [2.05, 4.69) is 21.3 Å². The van der Waals surface area contributed by atoms with Crippen molar-refractivity contribution in [2.75, 3.05) is 0 Å². The zero-order chi connectivity index (χ0) is 18.8. The van der Waals surface area contributed by atoms with Gasteiger partial charge in [-0.1, -0.05) is 36.4 Å². The fourth-order valence-electron chi connectivity index (χ4n) is 3.24. The molecule has 2 aromatic carbocycles. The minimum Gasteiger partial charge on any atom is -0.294 e. The van der Waals surface area contributed by atoms with E-state index < -0.39 is 0 Å². The zero-order valence-corrected chi connectivity index (χ0v) is 14.8. The maximum Gasteiger partial charge on any atom is 0.178 e. The Labute approximate surface area is 156 Å². The highest BCUT2D eigenvalue weighted by Gasteiger charge is 2.19. The standard InChI is InChI=1S/C22H17N3O2/c1-14(26)22-20-7-6-17(11-19(20)12-23-22)16-4-2-15(3-5-16)10-21(27)18-8-9-24-25-13-18/h2-9,11,13H,10,12H2,1H3. The first-order valence-electron chi connectivity index (χ1n) is 8.70. The summed E-state index contributed by atoms with van der Waals surface area (Å²) in [7, 11) is 0. The number of carbonyl (C=O) groups excluding carboxylic acids is 2. The Kier molecular flexibility index (Phi) is 4.42. The van der Waals surface area contributed by atoms with Crippen LogP contribution in [0.25, 0.3) is 11.1 Å². The summed E-state index contributed by atoms with van der Waals surface area (Å²) in [5.41, 5.74) is 6.22. The van der Waals surface area contributed by atoms with Crippen LogP contribution in [0.15, 0.2) is 65.9 Å². The molecule has 5 heteroatoms. The van der Waals surface area contributed by atoms with Crippen LogP contribution < -0.4 is 0 Å². The minimum atomic E-state index is -0.0000765. The molecule has 132 valence electrons. The van der Waals surface area contributed by atoms with Crippen LogP contribution in [0.5, 0.6) is 0 Å². The Morgan fingerprint density at radius 3 is 2.44 bits per heavy atom. The molecule has 0 aliphatic carbocycles. The van der Waals surface area contributed by atoms with Crippen LogP contribution in [0, 0.1) is 0 Å². The monoisotopic (exact) mass is 355 g/mol. The van der Waals surface area contributed by atoms with Crippen LogP contribution in [-0.2, 0) is 17.8 Å². The number of fused-ring (bicyclic) bond motifs is 1. The van der Waals surface area contributed by atoms with Crippen molar-refractivity contribution in [1.82, 2.24) is 10.2 Å². The summed E-state index contributed by atoms with van der Waals surface area (Å²) in [5.74, 6) is 0.0176. The van der Waals surface area contributed by atoms with E-state index in [9.17, 15) is 9.59 Å². The maximum absolute atomic E-state index is 12.3. The number of aromatic nitrogens is 2. The van der Waals surface area contributed by atoms with Crippen molar-refractivity contribution in [2.24, 2.45) is 4.99 Å². The van der Waals surface area contributed by atoms with E-state index in [1.54, 1.807) is 13.0 Å². The Balaban J connectivity index is 1.52. The molecule has 0 saturated heterocycles. The Morgan fingerprint density at radius 1 is 0.963 bits per heavy atom. The van der Waals surface area contributed by atoms with Gasteiger partial charge in [-0.3, -0.25) is 14.6 Å². The Bertz CT molecular complexity index is 1050. The van der Waals surface area contributed by atoms with Crippen LogP contribution in [0.1, 0.15) is 34.0 Å². The van der Waals surface area contributed by atoms with Crippen molar-refractivity contribution in [3.63, 3.8) is 0 Å². The van der Waals surface area contributed by atoms with Crippen molar-refractivity contribution in [3.8, 4) is 11.1 Å². The highest BCUT2D eigenvalue weighted by atomic mass is 16.1. The second kappa shape index (κ2) is 7.03. The Hall–Kier alpha value is -3.47. The number of hydrogen-bond acceptors (Lipinski definition) is 5. The van der Waals surface area contributed by atoms with E-state index in [-0.39, 0.29) is 11.6 Å². The number of benzene rings is 2. The lowest BCUT2D eigenvalue weighted by molar-refractivity contribution is -0.111. The van der Waals surface area contributed by atoms with Gasteiger partial charge >= 0.3 is 0 Å². The van der Waals surface area contributed by atoms with Crippen LogP contribution in [0.4, 0.5) is 0 Å². The number of carbonyl (C=O) groups is 2. The summed E-state index contributed by atoms with van der Waals surface area (Å²) in [6.07, 6.45) is 3.33. The second-order valence-electron chi connectivity index (χ2n) is 6.52. The average Bonchev–Trinajstić information content (AvgIpc) is 3.13. The largest absolute Gasteiger partial charge is 0.294 e. The highest BCUT2D eigenvalue weighted by Crippen LogP contribution is 2.27. The summed E-state index contributed by atoms with van der Waals surface area (Å²) >= 11 is 0. The van der Waals surface area contributed by atoms with E-state index in [1.165, 1.54) is 12.4 Å². The SMILES string of the molecule is CC(=O)C1=NCc2cc(-c3ccc(CC(=O)c4ccnnc4)cc3)ccc21. The zero-order valence-electron chi connectivity index (χ0n) is 14.8. The number of ketones is 2. The number of nitrogens with zero attached hydrogens (tertiary/aromatic N) is 3. The smallest absolute Gasteiger partial charge is 0.178 e. The molecule has 0 N–H and O–H groups in total. The summed E-state index contributed by atoms with van der Waals surface area (Å²) in [5, 5.41) is 7.43. The highest BCUT2D eigenvalue weighted by molar-refractivity contribution is 6.46. The number of aliphatic imine (C=N–C) groups is 1. The summed E-state index contributed by atoms with van der Waals surface area (Å²) in [6, 6.07) is 15.7. The van der Waals surface area contributed by atoms with Crippen molar-refractivity contribution in [2.45, 2.75) is 19.9 Å². The van der Waals surface area contributed by atoms with Crippen molar-refractivity contribution in [1.29, 1.82) is 0 Å². The molecule has 27 heavy (non-hydrogen) atoms. The summed E-state index contributed by atoms with van der Waals surface area (Å²) in [6.45, 7) is 2.09. The molecular weight excluding hydrogens is 338 g/mol. The lowest BCUT2D eigenvalue weighted by Gasteiger charge is -2.07. The fraction of sp³-hybridized carbons (Fsp3) is 0.136. The maximum atomic E-state index is 12.3. The van der Waals surface area contributed by atoms with Gasteiger partial charge in [0.1, 0.15) is 5.71 Å². The molecule has 0 amide bonds. The van der Waals surface area contributed by atoms with Gasteiger partial charge in [-0.2, -0.15) is 10.2 Å². The van der Waals surface area contributed by atoms with Gasteiger partial charge in [0.05, 0.1) is 18.9 Å². The van der Waals surface area contributed by atoms with Gasteiger partial charge in [0.25, 0.3) is 0 Å². The van der Waals surface area contributed by atoms with E-state index in [0.29, 0.717) is 24.2 Å². The van der Waals surface area contributed by atoms with Gasteiger partial charge in [-0.15, -0.1) is 0 Å². The lowest BCUT2D eigenvalue weighted by atomic mass is 9.96. The first-order valence-corrected chi connectivity index (χ1v) is 8.70. The molecule has 1 aliphatic heterocycles. The van der Waals surface area contributed by atoms with Crippen molar-refractivity contribution >= 4 is 17.3 Å². The molecular formula is C22H17N3O2. The average molecular weight is 355 g/mol. The van der Waals surface area contributed by atoms with Crippen LogP contribution in [0.3, 0.4) is 0 Å². The first kappa shape index (κ1) is 17.0. The van der Waals surface area contributed by atoms with Crippen LogP contribution >= 0.6 is 0 Å². The Morgan fingerprint density at radius 2 is 1.74 bits per heavy atom. The van der Waals surface area contributed by atoms with Crippen LogP contribution in [-0.4, -0.2) is 27.5 Å². The predicted molar refractivity (Wildman–Crippen MR) is 103 cm³/mol. The molecule has 5 nitrogen and oxygen atoms in total. The molecule has 0 radical (unpaired) electrons. The number of rotatable bonds is 5.